The third kappa shape index (κ3) is 3.04. The van der Waals surface area contributed by atoms with E-state index in [4.69, 9.17) is 27.6 Å². The van der Waals surface area contributed by atoms with Gasteiger partial charge in [0.2, 0.25) is 0 Å². The number of carbonyl (C=O) groups is 1. The minimum atomic E-state index is -0.280. The lowest BCUT2D eigenvalue weighted by Gasteiger charge is -2.05. The Kier molecular flexibility index (Phi) is 3.86. The summed E-state index contributed by atoms with van der Waals surface area (Å²) in [5.74, 6) is -0.00139. The second kappa shape index (κ2) is 5.80. The van der Waals surface area contributed by atoms with Gasteiger partial charge in [-0.2, -0.15) is 0 Å². The van der Waals surface area contributed by atoms with Gasteiger partial charge in [-0.25, -0.2) is 0 Å². The summed E-state index contributed by atoms with van der Waals surface area (Å²) in [6.07, 6.45) is 0. The third-order valence-electron chi connectivity index (χ3n) is 3.10. The average molecular weight is 320 g/mol. The molecular weight excluding hydrogens is 309 g/mol. The Hall–Kier alpha value is -1.97. The van der Waals surface area contributed by atoms with Crippen molar-refractivity contribution in [3.05, 3.63) is 69.9 Å². The van der Waals surface area contributed by atoms with Gasteiger partial charge in [0.05, 0.1) is 0 Å². The molecule has 21 heavy (non-hydrogen) atoms. The molecule has 1 aromatic heterocycles. The predicted molar refractivity (Wildman–Crippen MR) is 83.8 cm³/mol. The minimum Gasteiger partial charge on any atom is -0.451 e. The molecule has 0 saturated carbocycles. The van der Waals surface area contributed by atoms with Crippen molar-refractivity contribution in [2.45, 2.75) is 6.54 Å². The summed E-state index contributed by atoms with van der Waals surface area (Å²) in [6, 6.07) is 14.3. The molecule has 0 bridgehead atoms. The fourth-order valence-corrected chi connectivity index (χ4v) is 2.50. The van der Waals surface area contributed by atoms with Crippen LogP contribution >= 0.6 is 23.2 Å². The van der Waals surface area contributed by atoms with Gasteiger partial charge in [0.15, 0.2) is 5.76 Å². The van der Waals surface area contributed by atoms with Gasteiger partial charge < -0.3 is 9.73 Å². The van der Waals surface area contributed by atoms with Crippen LogP contribution in [0.5, 0.6) is 0 Å². The first kappa shape index (κ1) is 14.0. The van der Waals surface area contributed by atoms with E-state index in [9.17, 15) is 4.79 Å². The molecule has 3 rings (SSSR count). The summed E-state index contributed by atoms with van der Waals surface area (Å²) in [5.41, 5.74) is 1.48. The molecule has 3 nitrogen and oxygen atoms in total. The molecule has 1 heterocycles. The number of carbonyl (C=O) groups excluding carboxylic acids is 1. The standard InChI is InChI=1S/C16H11Cl2NO2/c17-12-6-5-11(13(18)8-12)9-19-16(20)15-7-10-3-1-2-4-14(10)21-15/h1-8H,9H2,(H,19,20). The molecular formula is C16H11Cl2NO2. The first-order valence-electron chi connectivity index (χ1n) is 6.34. The summed E-state index contributed by atoms with van der Waals surface area (Å²) < 4.78 is 5.50. The van der Waals surface area contributed by atoms with Crippen LogP contribution in [-0.4, -0.2) is 5.91 Å². The number of halogens is 2. The molecule has 106 valence electrons. The Labute approximate surface area is 131 Å². The quantitative estimate of drug-likeness (QED) is 0.762. The monoisotopic (exact) mass is 319 g/mol. The Morgan fingerprint density at radius 3 is 2.67 bits per heavy atom. The molecule has 2 aromatic carbocycles. The molecule has 5 heteroatoms. The molecule has 0 atom stereocenters. The fraction of sp³-hybridized carbons (Fsp3) is 0.0625. The van der Waals surface area contributed by atoms with Gasteiger partial charge in [-0.05, 0) is 29.8 Å². The van der Waals surface area contributed by atoms with E-state index in [0.717, 1.165) is 10.9 Å². The van der Waals surface area contributed by atoms with Gasteiger partial charge >= 0.3 is 0 Å². The van der Waals surface area contributed by atoms with E-state index in [-0.39, 0.29) is 11.7 Å². The second-order valence-corrected chi connectivity index (χ2v) is 5.41. The highest BCUT2D eigenvalue weighted by atomic mass is 35.5. The number of benzene rings is 2. The molecule has 0 fully saturated rings. The van der Waals surface area contributed by atoms with Crippen LogP contribution in [-0.2, 0) is 6.54 Å². The van der Waals surface area contributed by atoms with Crippen molar-refractivity contribution >= 4 is 40.1 Å². The van der Waals surface area contributed by atoms with E-state index in [1.54, 1.807) is 24.3 Å². The average Bonchev–Trinajstić information content (AvgIpc) is 2.90. The third-order valence-corrected chi connectivity index (χ3v) is 3.69. The van der Waals surface area contributed by atoms with E-state index in [1.807, 2.05) is 24.3 Å². The van der Waals surface area contributed by atoms with Crippen molar-refractivity contribution in [2.75, 3.05) is 0 Å². The Morgan fingerprint density at radius 2 is 1.90 bits per heavy atom. The molecule has 1 N–H and O–H groups in total. The van der Waals surface area contributed by atoms with Gasteiger partial charge in [-0.3, -0.25) is 4.79 Å². The number of hydrogen-bond acceptors (Lipinski definition) is 2. The smallest absolute Gasteiger partial charge is 0.287 e. The van der Waals surface area contributed by atoms with E-state index in [1.165, 1.54) is 0 Å². The minimum absolute atomic E-state index is 0.279. The highest BCUT2D eigenvalue weighted by molar-refractivity contribution is 6.35. The van der Waals surface area contributed by atoms with E-state index < -0.39 is 0 Å². The summed E-state index contributed by atoms with van der Waals surface area (Å²) in [7, 11) is 0. The molecule has 0 aliphatic carbocycles. The van der Waals surface area contributed by atoms with Crippen molar-refractivity contribution in [3.63, 3.8) is 0 Å². The zero-order valence-corrected chi connectivity index (χ0v) is 12.4. The molecule has 3 aromatic rings. The molecule has 0 saturated heterocycles. The molecule has 0 radical (unpaired) electrons. The number of furan rings is 1. The van der Waals surface area contributed by atoms with Crippen LogP contribution in [0.1, 0.15) is 16.1 Å². The van der Waals surface area contributed by atoms with Crippen LogP contribution in [0.4, 0.5) is 0 Å². The number of para-hydroxylation sites is 1. The largest absolute Gasteiger partial charge is 0.451 e. The lowest BCUT2D eigenvalue weighted by atomic mass is 10.2. The maximum atomic E-state index is 12.1. The lowest BCUT2D eigenvalue weighted by molar-refractivity contribution is 0.0925. The van der Waals surface area contributed by atoms with Crippen molar-refractivity contribution in [1.29, 1.82) is 0 Å². The van der Waals surface area contributed by atoms with Gasteiger partial charge in [0.1, 0.15) is 5.58 Å². The topological polar surface area (TPSA) is 42.2 Å². The van der Waals surface area contributed by atoms with Crippen LogP contribution in [0.15, 0.2) is 52.9 Å². The van der Waals surface area contributed by atoms with Crippen LogP contribution in [0, 0.1) is 0 Å². The number of amides is 1. The lowest BCUT2D eigenvalue weighted by Crippen LogP contribution is -2.22. The highest BCUT2D eigenvalue weighted by Crippen LogP contribution is 2.21. The molecule has 0 aliphatic rings. The van der Waals surface area contributed by atoms with Crippen molar-refractivity contribution in [1.82, 2.24) is 5.32 Å². The van der Waals surface area contributed by atoms with E-state index in [0.29, 0.717) is 22.2 Å². The van der Waals surface area contributed by atoms with Crippen molar-refractivity contribution < 1.29 is 9.21 Å². The van der Waals surface area contributed by atoms with Crippen LogP contribution in [0.2, 0.25) is 10.0 Å². The van der Waals surface area contributed by atoms with Crippen molar-refractivity contribution in [3.8, 4) is 0 Å². The SMILES string of the molecule is O=C(NCc1ccc(Cl)cc1Cl)c1cc2ccccc2o1. The zero-order chi connectivity index (χ0) is 14.8. The van der Waals surface area contributed by atoms with E-state index in [2.05, 4.69) is 5.32 Å². The summed E-state index contributed by atoms with van der Waals surface area (Å²) in [5, 5.41) is 4.75. The zero-order valence-electron chi connectivity index (χ0n) is 10.9. The number of hydrogen-bond donors (Lipinski definition) is 1. The predicted octanol–water partition coefficient (Wildman–Crippen LogP) is 4.67. The fourth-order valence-electron chi connectivity index (χ4n) is 2.02. The Bertz CT molecular complexity index is 778. The molecule has 1 amide bonds. The Balaban J connectivity index is 1.74. The molecule has 0 aliphatic heterocycles. The molecule has 0 unspecified atom stereocenters. The van der Waals surface area contributed by atoms with Crippen LogP contribution in [0.25, 0.3) is 11.0 Å². The van der Waals surface area contributed by atoms with E-state index >= 15 is 0 Å². The van der Waals surface area contributed by atoms with Crippen LogP contribution in [0.3, 0.4) is 0 Å². The van der Waals surface area contributed by atoms with Gasteiger partial charge in [0.25, 0.3) is 5.91 Å². The van der Waals surface area contributed by atoms with Gasteiger partial charge in [0, 0.05) is 22.0 Å². The summed E-state index contributed by atoms with van der Waals surface area (Å²) in [4.78, 5) is 12.1. The first-order chi connectivity index (χ1) is 10.1. The number of rotatable bonds is 3. The number of fused-ring (bicyclic) bond motifs is 1. The normalized spacial score (nSPS) is 10.8. The Morgan fingerprint density at radius 1 is 1.10 bits per heavy atom. The summed E-state index contributed by atoms with van der Waals surface area (Å²) >= 11 is 11.9. The maximum Gasteiger partial charge on any atom is 0.287 e. The second-order valence-electron chi connectivity index (χ2n) is 4.57. The summed E-state index contributed by atoms with van der Waals surface area (Å²) in [6.45, 7) is 0.311. The number of nitrogens with one attached hydrogen (secondary N) is 1. The highest BCUT2D eigenvalue weighted by Gasteiger charge is 2.12. The van der Waals surface area contributed by atoms with Gasteiger partial charge in [-0.15, -0.1) is 0 Å². The molecule has 0 spiro atoms. The van der Waals surface area contributed by atoms with Crippen molar-refractivity contribution in [2.24, 2.45) is 0 Å². The van der Waals surface area contributed by atoms with Gasteiger partial charge in [-0.1, -0.05) is 47.5 Å². The maximum absolute atomic E-state index is 12.1. The first-order valence-corrected chi connectivity index (χ1v) is 7.10. The van der Waals surface area contributed by atoms with Crippen LogP contribution < -0.4 is 5.32 Å².